The molecule has 0 aromatic heterocycles. The zero-order chi connectivity index (χ0) is 8.97. The summed E-state index contributed by atoms with van der Waals surface area (Å²) in [6.45, 7) is 0. The molecule has 1 rings (SSSR count). The number of ether oxygens (including phenoxy) is 3. The molecule has 0 unspecified atom stereocenters. The highest BCUT2D eigenvalue weighted by atomic mass is 16.9. The molecule has 12 heavy (non-hydrogen) atoms. The van der Waals surface area contributed by atoms with Crippen LogP contribution in [0.5, 0.6) is 0 Å². The minimum absolute atomic E-state index is 0.329. The molecule has 0 N–H and O–H groups in total. The average Bonchev–Trinajstić information content (AvgIpc) is 2.16. The summed E-state index contributed by atoms with van der Waals surface area (Å²) in [5.74, 6) is 0. The van der Waals surface area contributed by atoms with Crippen molar-refractivity contribution in [2.24, 2.45) is 0 Å². The van der Waals surface area contributed by atoms with E-state index in [1.165, 1.54) is 0 Å². The first-order chi connectivity index (χ1) is 5.80. The summed E-state index contributed by atoms with van der Waals surface area (Å²) in [5, 5.41) is 0. The molecular weight excluding hydrogens is 168 g/mol. The maximum atomic E-state index is 10.1. The van der Waals surface area contributed by atoms with E-state index in [-0.39, 0.29) is 0 Å². The van der Waals surface area contributed by atoms with Gasteiger partial charge in [0.25, 0.3) is 0 Å². The van der Waals surface area contributed by atoms with E-state index in [1.807, 2.05) is 0 Å². The van der Waals surface area contributed by atoms with Crippen LogP contribution in [0.1, 0.15) is 0 Å². The normalized spacial score (nSPS) is 35.5. The molecule has 1 saturated heterocycles. The van der Waals surface area contributed by atoms with Gasteiger partial charge >= 0.3 is 0 Å². The largest absolute Gasteiger partial charge is 0.309 e. The summed E-state index contributed by atoms with van der Waals surface area (Å²) in [6.07, 6.45) is -2.67. The van der Waals surface area contributed by atoms with Crippen LogP contribution in [0.3, 0.4) is 0 Å². The molecular formula is C6H6O6. The van der Waals surface area contributed by atoms with Crippen LogP contribution in [0.15, 0.2) is 0 Å². The average molecular weight is 174 g/mol. The van der Waals surface area contributed by atoms with Gasteiger partial charge in [0, 0.05) is 0 Å². The van der Waals surface area contributed by atoms with Crippen LogP contribution in [-0.4, -0.2) is 37.7 Å². The topological polar surface area (TPSA) is 78.9 Å². The summed E-state index contributed by atoms with van der Waals surface area (Å²) in [6, 6.07) is 0. The Balaban J connectivity index is 2.57. The second-order valence-corrected chi connectivity index (χ2v) is 1.92. The van der Waals surface area contributed by atoms with Gasteiger partial charge in [-0.3, -0.25) is 14.4 Å². The molecule has 0 bridgehead atoms. The molecule has 1 aliphatic heterocycles. The number of carbonyl (C=O) groups excluding carboxylic acids is 3. The lowest BCUT2D eigenvalue weighted by Crippen LogP contribution is -2.42. The van der Waals surface area contributed by atoms with Gasteiger partial charge in [-0.2, -0.15) is 0 Å². The Labute approximate surface area is 67.4 Å². The van der Waals surface area contributed by atoms with Gasteiger partial charge in [-0.15, -0.1) is 0 Å². The van der Waals surface area contributed by atoms with Gasteiger partial charge in [-0.1, -0.05) is 0 Å². The lowest BCUT2D eigenvalue weighted by Gasteiger charge is -2.27. The fourth-order valence-corrected chi connectivity index (χ4v) is 0.685. The first-order valence-electron chi connectivity index (χ1n) is 3.12. The second-order valence-electron chi connectivity index (χ2n) is 1.92. The van der Waals surface area contributed by atoms with Gasteiger partial charge in [0.2, 0.25) is 18.9 Å². The standard InChI is InChI=1S/C6H6O6/c7-1-4-10-5(2-8)12-6(3-9)11-4/h1-6H. The van der Waals surface area contributed by atoms with Crippen molar-refractivity contribution in [1.29, 1.82) is 0 Å². The van der Waals surface area contributed by atoms with Crippen LogP contribution < -0.4 is 0 Å². The van der Waals surface area contributed by atoms with Crippen molar-refractivity contribution in [3.8, 4) is 0 Å². The number of aldehydes is 3. The quantitative estimate of drug-likeness (QED) is 0.491. The number of rotatable bonds is 3. The highest BCUT2D eigenvalue weighted by molar-refractivity contribution is 5.61. The zero-order valence-electron chi connectivity index (χ0n) is 5.91. The highest BCUT2D eigenvalue weighted by Crippen LogP contribution is 2.11. The molecule has 0 aliphatic carbocycles. The van der Waals surface area contributed by atoms with Crippen LogP contribution in [0.25, 0.3) is 0 Å². The molecule has 6 nitrogen and oxygen atoms in total. The lowest BCUT2D eigenvalue weighted by molar-refractivity contribution is -0.337. The summed E-state index contributed by atoms with van der Waals surface area (Å²) >= 11 is 0. The SMILES string of the molecule is O=CC1OC(C=O)OC(C=O)O1. The van der Waals surface area contributed by atoms with E-state index in [0.717, 1.165) is 0 Å². The molecule has 6 heteroatoms. The van der Waals surface area contributed by atoms with E-state index < -0.39 is 18.9 Å². The summed E-state index contributed by atoms with van der Waals surface area (Å²) in [5.41, 5.74) is 0. The van der Waals surface area contributed by atoms with Crippen molar-refractivity contribution in [2.75, 3.05) is 0 Å². The van der Waals surface area contributed by atoms with E-state index in [4.69, 9.17) is 0 Å². The van der Waals surface area contributed by atoms with E-state index in [1.54, 1.807) is 0 Å². The smallest absolute Gasteiger partial charge is 0.220 e. The Hall–Kier alpha value is -1.11. The fraction of sp³-hybridized carbons (Fsp3) is 0.500. The van der Waals surface area contributed by atoms with Gasteiger partial charge in [0.15, 0.2) is 18.9 Å². The maximum Gasteiger partial charge on any atom is 0.220 e. The summed E-state index contributed by atoms with van der Waals surface area (Å²) < 4.78 is 13.7. The molecule has 0 aromatic carbocycles. The Morgan fingerprint density at radius 1 is 0.667 bits per heavy atom. The third kappa shape index (κ3) is 1.94. The van der Waals surface area contributed by atoms with Gasteiger partial charge < -0.3 is 14.2 Å². The van der Waals surface area contributed by atoms with Gasteiger partial charge in [-0.05, 0) is 0 Å². The van der Waals surface area contributed by atoms with Crippen molar-refractivity contribution in [3.05, 3.63) is 0 Å². The predicted molar refractivity (Wildman–Crippen MR) is 32.8 cm³/mol. The van der Waals surface area contributed by atoms with E-state index in [9.17, 15) is 14.4 Å². The number of hydrogen-bond acceptors (Lipinski definition) is 6. The minimum Gasteiger partial charge on any atom is -0.309 e. The maximum absolute atomic E-state index is 10.1. The zero-order valence-corrected chi connectivity index (χ0v) is 5.91. The van der Waals surface area contributed by atoms with Gasteiger partial charge in [-0.25, -0.2) is 0 Å². The van der Waals surface area contributed by atoms with Crippen molar-refractivity contribution >= 4 is 18.9 Å². The van der Waals surface area contributed by atoms with Crippen molar-refractivity contribution in [1.82, 2.24) is 0 Å². The molecule has 1 aliphatic rings. The van der Waals surface area contributed by atoms with Gasteiger partial charge in [0.05, 0.1) is 0 Å². The molecule has 1 fully saturated rings. The van der Waals surface area contributed by atoms with Crippen LogP contribution in [0.4, 0.5) is 0 Å². The van der Waals surface area contributed by atoms with E-state index in [2.05, 4.69) is 14.2 Å². The number of hydrogen-bond donors (Lipinski definition) is 0. The Kier molecular flexibility index (Phi) is 3.03. The van der Waals surface area contributed by atoms with Crippen molar-refractivity contribution < 1.29 is 28.6 Å². The van der Waals surface area contributed by atoms with E-state index in [0.29, 0.717) is 18.9 Å². The summed E-state index contributed by atoms with van der Waals surface area (Å²) in [4.78, 5) is 30.4. The van der Waals surface area contributed by atoms with E-state index >= 15 is 0 Å². The van der Waals surface area contributed by atoms with Crippen molar-refractivity contribution in [3.63, 3.8) is 0 Å². The molecule has 0 radical (unpaired) electrons. The molecule has 0 amide bonds. The Morgan fingerprint density at radius 3 is 1.08 bits per heavy atom. The molecule has 66 valence electrons. The molecule has 1 heterocycles. The molecule has 0 spiro atoms. The minimum atomic E-state index is -1.22. The monoisotopic (exact) mass is 174 g/mol. The Morgan fingerprint density at radius 2 is 0.917 bits per heavy atom. The molecule has 0 aromatic rings. The van der Waals surface area contributed by atoms with Crippen LogP contribution in [-0.2, 0) is 28.6 Å². The van der Waals surface area contributed by atoms with Crippen LogP contribution in [0.2, 0.25) is 0 Å². The fourth-order valence-electron chi connectivity index (χ4n) is 0.685. The molecule has 0 atom stereocenters. The highest BCUT2D eigenvalue weighted by Gasteiger charge is 2.29. The Bertz CT molecular complexity index is 151. The lowest BCUT2D eigenvalue weighted by atomic mass is 10.5. The third-order valence-corrected chi connectivity index (χ3v) is 1.14. The van der Waals surface area contributed by atoms with Crippen LogP contribution in [0, 0.1) is 0 Å². The van der Waals surface area contributed by atoms with Crippen LogP contribution >= 0.6 is 0 Å². The second kappa shape index (κ2) is 4.05. The summed E-state index contributed by atoms with van der Waals surface area (Å²) in [7, 11) is 0. The predicted octanol–water partition coefficient (Wildman–Crippen LogP) is -1.38. The first-order valence-corrected chi connectivity index (χ1v) is 3.12. The molecule has 0 saturated carbocycles. The third-order valence-electron chi connectivity index (χ3n) is 1.14. The van der Waals surface area contributed by atoms with Crippen molar-refractivity contribution in [2.45, 2.75) is 18.9 Å². The van der Waals surface area contributed by atoms with Gasteiger partial charge in [0.1, 0.15) is 0 Å². The first kappa shape index (κ1) is 8.98. The number of carbonyl (C=O) groups is 3.